The van der Waals surface area contributed by atoms with Crippen LogP contribution in [0.1, 0.15) is 50.2 Å². The van der Waals surface area contributed by atoms with Gasteiger partial charge in [0.15, 0.2) is 0 Å². The molecule has 0 radical (unpaired) electrons. The van der Waals surface area contributed by atoms with Gasteiger partial charge < -0.3 is 9.88 Å². The number of carbonyl (C=O) groups excluding carboxylic acids is 1. The van der Waals surface area contributed by atoms with Crippen molar-refractivity contribution < 1.29 is 9.18 Å². The summed E-state index contributed by atoms with van der Waals surface area (Å²) in [6.07, 6.45) is 11.1. The Morgan fingerprint density at radius 2 is 1.91 bits per heavy atom. The van der Waals surface area contributed by atoms with E-state index in [0.717, 1.165) is 73.1 Å². The number of amides is 1. The number of halogens is 1. The molecule has 1 aromatic carbocycles. The number of nitrogens with one attached hydrogen (secondary N) is 1. The van der Waals surface area contributed by atoms with E-state index in [0.29, 0.717) is 11.8 Å². The van der Waals surface area contributed by atoms with Crippen LogP contribution >= 0.6 is 0 Å². The largest absolute Gasteiger partial charge is 0.346 e. The van der Waals surface area contributed by atoms with Crippen molar-refractivity contribution >= 4 is 34.4 Å². The number of aliphatic imine (C=N–C) groups is 1. The van der Waals surface area contributed by atoms with Gasteiger partial charge in [-0.3, -0.25) is 9.79 Å². The Bertz CT molecular complexity index is 1200. The molecule has 33 heavy (non-hydrogen) atoms. The Balaban J connectivity index is 1.38. The smallest absolute Gasteiger partial charge is 0.219 e. The lowest BCUT2D eigenvalue weighted by atomic mass is 9.83. The molecule has 6 heteroatoms. The molecule has 4 heterocycles. The zero-order valence-corrected chi connectivity index (χ0v) is 18.9. The number of aromatic nitrogens is 2. The van der Waals surface area contributed by atoms with E-state index in [9.17, 15) is 9.18 Å². The molecule has 3 aromatic rings. The Labute approximate surface area is 193 Å². The van der Waals surface area contributed by atoms with Crippen molar-refractivity contribution in [3.05, 3.63) is 65.7 Å². The molecule has 1 amide bonds. The number of pyridine rings is 1. The Morgan fingerprint density at radius 1 is 1.12 bits per heavy atom. The minimum absolute atomic E-state index is 0.185. The van der Waals surface area contributed by atoms with Crippen molar-refractivity contribution in [3.63, 3.8) is 0 Å². The highest BCUT2D eigenvalue weighted by Crippen LogP contribution is 2.39. The van der Waals surface area contributed by atoms with E-state index in [1.807, 2.05) is 17.3 Å². The molecule has 1 fully saturated rings. The zero-order chi connectivity index (χ0) is 22.8. The number of rotatable bonds is 5. The van der Waals surface area contributed by atoms with Crippen LogP contribution < -0.4 is 0 Å². The van der Waals surface area contributed by atoms with Crippen LogP contribution in [0.2, 0.25) is 0 Å². The van der Waals surface area contributed by atoms with Crippen molar-refractivity contribution in [1.82, 2.24) is 14.9 Å². The number of carbonyl (C=O) groups is 1. The van der Waals surface area contributed by atoms with Gasteiger partial charge in [0, 0.05) is 49.6 Å². The fraction of sp³-hybridized carbons (Fsp3) is 0.370. The summed E-state index contributed by atoms with van der Waals surface area (Å²) in [7, 11) is 0. The van der Waals surface area contributed by atoms with E-state index >= 15 is 0 Å². The van der Waals surface area contributed by atoms with Crippen LogP contribution in [-0.4, -0.2) is 40.1 Å². The summed E-state index contributed by atoms with van der Waals surface area (Å²) >= 11 is 0. The van der Waals surface area contributed by atoms with Crippen molar-refractivity contribution in [2.24, 2.45) is 16.8 Å². The second-order valence-corrected chi connectivity index (χ2v) is 9.20. The van der Waals surface area contributed by atoms with Gasteiger partial charge in [-0.25, -0.2) is 9.37 Å². The van der Waals surface area contributed by atoms with Crippen LogP contribution in [0.15, 0.2) is 53.8 Å². The molecule has 1 saturated heterocycles. The number of hydrogen-bond donors (Lipinski definition) is 1. The SMILES string of the molecule is CC(=O)N1CCC(CCC2C=NC(c3ccc(F)cc3)=C(c3ccnc4[nH]ccc34)C2)CC1. The highest BCUT2D eigenvalue weighted by molar-refractivity contribution is 6.02. The van der Waals surface area contributed by atoms with E-state index in [1.165, 1.54) is 17.7 Å². The van der Waals surface area contributed by atoms with Gasteiger partial charge in [0.2, 0.25) is 5.91 Å². The molecule has 5 nitrogen and oxygen atoms in total. The standard InChI is InChI=1S/C27H29FN4O/c1-18(33)32-14-10-19(11-15-32)2-3-20-16-25(23-8-12-29-27-24(23)9-13-30-27)26(31-17-20)21-4-6-22(28)7-5-21/h4-9,12-13,17,19-20H,2-3,10-11,14-16H2,1H3,(H,29,30). The molecule has 0 aliphatic carbocycles. The summed E-state index contributed by atoms with van der Waals surface area (Å²) in [5, 5.41) is 1.08. The minimum atomic E-state index is -0.244. The van der Waals surface area contributed by atoms with Gasteiger partial charge >= 0.3 is 0 Å². The van der Waals surface area contributed by atoms with E-state index in [1.54, 1.807) is 19.1 Å². The van der Waals surface area contributed by atoms with E-state index in [4.69, 9.17) is 4.99 Å². The summed E-state index contributed by atoms with van der Waals surface area (Å²) in [6.45, 7) is 3.41. The Hall–Kier alpha value is -3.28. The molecule has 1 N–H and O–H groups in total. The topological polar surface area (TPSA) is 61.4 Å². The molecule has 2 aromatic heterocycles. The van der Waals surface area contributed by atoms with Crippen molar-refractivity contribution in [2.75, 3.05) is 13.1 Å². The zero-order valence-electron chi connectivity index (χ0n) is 18.9. The predicted molar refractivity (Wildman–Crippen MR) is 130 cm³/mol. The highest BCUT2D eigenvalue weighted by Gasteiger charge is 2.25. The third kappa shape index (κ3) is 4.61. The Kier molecular flexibility index (Phi) is 6.07. The summed E-state index contributed by atoms with van der Waals surface area (Å²) in [4.78, 5) is 26.1. The van der Waals surface area contributed by atoms with Gasteiger partial charge in [0.1, 0.15) is 11.5 Å². The second-order valence-electron chi connectivity index (χ2n) is 9.20. The number of H-pyrrole nitrogens is 1. The van der Waals surface area contributed by atoms with Gasteiger partial charge in [0.05, 0.1) is 5.70 Å². The van der Waals surface area contributed by atoms with Crippen molar-refractivity contribution in [1.29, 1.82) is 0 Å². The first-order chi connectivity index (χ1) is 16.1. The third-order valence-corrected chi connectivity index (χ3v) is 7.08. The average molecular weight is 445 g/mol. The van der Waals surface area contributed by atoms with Crippen molar-refractivity contribution in [3.8, 4) is 0 Å². The first-order valence-corrected chi connectivity index (χ1v) is 11.8. The molecule has 1 atom stereocenters. The molecule has 2 aliphatic rings. The number of allylic oxidation sites excluding steroid dienone is 1. The molecule has 2 aliphatic heterocycles. The number of benzene rings is 1. The van der Waals surface area contributed by atoms with Gasteiger partial charge in [-0.2, -0.15) is 0 Å². The number of fused-ring (bicyclic) bond motifs is 1. The first kappa shape index (κ1) is 21.6. The molecular formula is C27H29FN4O. The van der Waals surface area contributed by atoms with Gasteiger partial charge in [0.25, 0.3) is 0 Å². The maximum absolute atomic E-state index is 13.6. The predicted octanol–water partition coefficient (Wildman–Crippen LogP) is 5.70. The lowest BCUT2D eigenvalue weighted by Crippen LogP contribution is -2.37. The Morgan fingerprint density at radius 3 is 2.67 bits per heavy atom. The summed E-state index contributed by atoms with van der Waals surface area (Å²) in [6, 6.07) is 10.7. The number of aromatic amines is 1. The molecule has 0 saturated carbocycles. The number of nitrogens with zero attached hydrogens (tertiary/aromatic N) is 3. The molecule has 5 rings (SSSR count). The number of hydrogen-bond acceptors (Lipinski definition) is 3. The molecule has 170 valence electrons. The summed E-state index contributed by atoms with van der Waals surface area (Å²) in [5.74, 6) is 0.963. The van der Waals surface area contributed by atoms with Crippen LogP contribution in [0, 0.1) is 17.7 Å². The monoisotopic (exact) mass is 444 g/mol. The van der Waals surface area contributed by atoms with Crippen molar-refractivity contribution in [2.45, 2.75) is 39.0 Å². The molecule has 0 spiro atoms. The highest BCUT2D eigenvalue weighted by atomic mass is 19.1. The van der Waals surface area contributed by atoms with Crippen LogP contribution in [0.25, 0.3) is 22.3 Å². The fourth-order valence-corrected chi connectivity index (χ4v) is 5.15. The van der Waals surface area contributed by atoms with Crippen LogP contribution in [0.5, 0.6) is 0 Å². The fourth-order valence-electron chi connectivity index (χ4n) is 5.15. The molecule has 1 unspecified atom stereocenters. The summed E-state index contributed by atoms with van der Waals surface area (Å²) < 4.78 is 13.6. The van der Waals surface area contributed by atoms with Gasteiger partial charge in [-0.05, 0) is 91.5 Å². The minimum Gasteiger partial charge on any atom is -0.346 e. The first-order valence-electron chi connectivity index (χ1n) is 11.8. The van der Waals surface area contributed by atoms with Crippen LogP contribution in [0.4, 0.5) is 4.39 Å². The summed E-state index contributed by atoms with van der Waals surface area (Å²) in [5.41, 5.74) is 5.03. The van der Waals surface area contributed by atoms with Crippen LogP contribution in [-0.2, 0) is 4.79 Å². The third-order valence-electron chi connectivity index (χ3n) is 7.08. The number of piperidine rings is 1. The lowest BCUT2D eigenvalue weighted by Gasteiger charge is -2.32. The van der Waals surface area contributed by atoms with Gasteiger partial charge in [-0.1, -0.05) is 0 Å². The van der Waals surface area contributed by atoms with E-state index in [-0.39, 0.29) is 11.7 Å². The van der Waals surface area contributed by atoms with E-state index < -0.39 is 0 Å². The quantitative estimate of drug-likeness (QED) is 0.549. The van der Waals surface area contributed by atoms with E-state index in [2.05, 4.69) is 28.3 Å². The maximum atomic E-state index is 13.6. The lowest BCUT2D eigenvalue weighted by molar-refractivity contribution is -0.130. The molecule has 0 bridgehead atoms. The molecular weight excluding hydrogens is 415 g/mol. The second kappa shape index (κ2) is 9.30. The average Bonchev–Trinajstić information content (AvgIpc) is 3.33. The van der Waals surface area contributed by atoms with Crippen LogP contribution in [0.3, 0.4) is 0 Å². The normalized spacial score (nSPS) is 19.5. The maximum Gasteiger partial charge on any atom is 0.219 e. The number of likely N-dealkylation sites (tertiary alicyclic amines) is 1. The van der Waals surface area contributed by atoms with Gasteiger partial charge in [-0.15, -0.1) is 0 Å².